The molecule has 6 heteroatoms. The van der Waals surface area contributed by atoms with Crippen molar-refractivity contribution >= 4 is 17.7 Å². The van der Waals surface area contributed by atoms with Crippen LogP contribution in [0, 0.1) is 0 Å². The van der Waals surface area contributed by atoms with Crippen LogP contribution >= 0.6 is 11.8 Å². The second-order valence-electron chi connectivity index (χ2n) is 5.60. The van der Waals surface area contributed by atoms with Crippen LogP contribution in [-0.2, 0) is 6.54 Å². The molecule has 3 rings (SSSR count). The van der Waals surface area contributed by atoms with Crippen molar-refractivity contribution in [2.24, 2.45) is 0 Å². The topological polar surface area (TPSA) is 55.2 Å². The Labute approximate surface area is 122 Å². The number of likely N-dealkylation sites (tertiary alicyclic amines) is 1. The SMILES string of the molecule is CC1CCCC(C)N1C(=O)c1cnc2n(c1=O)CCS2. The van der Waals surface area contributed by atoms with Crippen molar-refractivity contribution in [1.29, 1.82) is 0 Å². The smallest absolute Gasteiger partial charge is 0.267 e. The summed E-state index contributed by atoms with van der Waals surface area (Å²) >= 11 is 1.57. The van der Waals surface area contributed by atoms with Crippen molar-refractivity contribution in [2.75, 3.05) is 5.75 Å². The summed E-state index contributed by atoms with van der Waals surface area (Å²) in [6.07, 6.45) is 4.62. The van der Waals surface area contributed by atoms with Crippen LogP contribution in [-0.4, -0.2) is 38.2 Å². The number of nitrogens with zero attached hydrogens (tertiary/aromatic N) is 3. The fraction of sp³-hybridized carbons (Fsp3) is 0.643. The van der Waals surface area contributed by atoms with Crippen LogP contribution < -0.4 is 5.56 Å². The number of hydrogen-bond acceptors (Lipinski definition) is 4. The summed E-state index contributed by atoms with van der Waals surface area (Å²) in [5.41, 5.74) is 0.0341. The van der Waals surface area contributed by atoms with Crippen molar-refractivity contribution in [3.8, 4) is 0 Å². The molecule has 0 radical (unpaired) electrons. The van der Waals surface area contributed by atoms with Gasteiger partial charge in [0.25, 0.3) is 11.5 Å². The van der Waals surface area contributed by atoms with Crippen LogP contribution in [0.15, 0.2) is 16.1 Å². The highest BCUT2D eigenvalue weighted by atomic mass is 32.2. The third-order valence-electron chi connectivity index (χ3n) is 4.22. The van der Waals surface area contributed by atoms with Crippen molar-refractivity contribution in [3.63, 3.8) is 0 Å². The molecule has 0 aromatic carbocycles. The average Bonchev–Trinajstić information content (AvgIpc) is 2.88. The van der Waals surface area contributed by atoms with Crippen LogP contribution in [0.1, 0.15) is 43.5 Å². The first-order valence-corrected chi connectivity index (χ1v) is 8.13. The molecule has 1 fully saturated rings. The Balaban J connectivity index is 1.97. The van der Waals surface area contributed by atoms with E-state index < -0.39 is 0 Å². The lowest BCUT2D eigenvalue weighted by Gasteiger charge is -2.38. The molecule has 5 nitrogen and oxygen atoms in total. The van der Waals surface area contributed by atoms with E-state index in [0.717, 1.165) is 30.2 Å². The Bertz CT molecular complexity index is 589. The number of carbonyl (C=O) groups is 1. The molecule has 2 aliphatic heterocycles. The van der Waals surface area contributed by atoms with Gasteiger partial charge < -0.3 is 4.90 Å². The predicted octanol–water partition coefficient (Wildman–Crippen LogP) is 1.75. The highest BCUT2D eigenvalue weighted by molar-refractivity contribution is 7.99. The molecular weight excluding hydrogens is 274 g/mol. The van der Waals surface area contributed by atoms with Crippen LogP contribution in [0.3, 0.4) is 0 Å². The van der Waals surface area contributed by atoms with Gasteiger partial charge in [0, 0.05) is 30.6 Å². The molecule has 0 spiro atoms. The van der Waals surface area contributed by atoms with Crippen molar-refractivity contribution in [2.45, 2.75) is 56.9 Å². The minimum Gasteiger partial charge on any atom is -0.333 e. The minimum absolute atomic E-state index is 0.158. The first kappa shape index (κ1) is 13.7. The van der Waals surface area contributed by atoms with E-state index in [1.54, 1.807) is 16.3 Å². The summed E-state index contributed by atoms with van der Waals surface area (Å²) in [5.74, 6) is 0.700. The normalized spacial score (nSPS) is 25.6. The molecule has 1 aromatic heterocycles. The van der Waals surface area contributed by atoms with Gasteiger partial charge >= 0.3 is 0 Å². The van der Waals surface area contributed by atoms with E-state index in [9.17, 15) is 9.59 Å². The van der Waals surface area contributed by atoms with Crippen LogP contribution in [0.4, 0.5) is 0 Å². The molecule has 0 bridgehead atoms. The summed E-state index contributed by atoms with van der Waals surface area (Å²) in [5, 5.41) is 0.728. The van der Waals surface area contributed by atoms with Gasteiger partial charge in [-0.1, -0.05) is 11.8 Å². The van der Waals surface area contributed by atoms with Gasteiger partial charge in [-0.05, 0) is 33.1 Å². The second-order valence-corrected chi connectivity index (χ2v) is 6.66. The number of hydrogen-bond donors (Lipinski definition) is 0. The number of rotatable bonds is 1. The van der Waals surface area contributed by atoms with Gasteiger partial charge in [-0.3, -0.25) is 14.2 Å². The standard InChI is InChI=1S/C14H19N3O2S/c1-9-4-3-5-10(2)17(9)13(19)11-8-15-14-16(12(11)18)6-7-20-14/h8-10H,3-7H2,1-2H3. The number of thioether (sulfide) groups is 1. The lowest BCUT2D eigenvalue weighted by atomic mass is 9.97. The third-order valence-corrected chi connectivity index (χ3v) is 5.19. The lowest BCUT2D eigenvalue weighted by molar-refractivity contribution is 0.0507. The van der Waals surface area contributed by atoms with E-state index in [1.165, 1.54) is 6.20 Å². The Morgan fingerprint density at radius 1 is 1.35 bits per heavy atom. The van der Waals surface area contributed by atoms with E-state index in [2.05, 4.69) is 18.8 Å². The van der Waals surface area contributed by atoms with E-state index in [0.29, 0.717) is 6.54 Å². The molecule has 0 aliphatic carbocycles. The summed E-state index contributed by atoms with van der Waals surface area (Å²) in [6.45, 7) is 4.77. The summed E-state index contributed by atoms with van der Waals surface area (Å²) < 4.78 is 1.62. The first-order valence-electron chi connectivity index (χ1n) is 7.15. The highest BCUT2D eigenvalue weighted by Gasteiger charge is 2.32. The van der Waals surface area contributed by atoms with Gasteiger partial charge in [0.2, 0.25) is 0 Å². The van der Waals surface area contributed by atoms with E-state index in [4.69, 9.17) is 0 Å². The molecule has 0 N–H and O–H groups in total. The van der Waals surface area contributed by atoms with E-state index in [1.807, 2.05) is 4.90 Å². The van der Waals surface area contributed by atoms with Gasteiger partial charge in [-0.15, -0.1) is 0 Å². The van der Waals surface area contributed by atoms with Crippen LogP contribution in [0.2, 0.25) is 0 Å². The Morgan fingerprint density at radius 3 is 2.75 bits per heavy atom. The monoisotopic (exact) mass is 293 g/mol. The summed E-state index contributed by atoms with van der Waals surface area (Å²) in [7, 11) is 0. The van der Waals surface area contributed by atoms with Crippen molar-refractivity contribution in [1.82, 2.24) is 14.5 Å². The third kappa shape index (κ3) is 2.16. The predicted molar refractivity (Wildman–Crippen MR) is 78.2 cm³/mol. The quantitative estimate of drug-likeness (QED) is 0.740. The Kier molecular flexibility index (Phi) is 3.58. The maximum absolute atomic E-state index is 12.7. The van der Waals surface area contributed by atoms with Gasteiger partial charge in [0.1, 0.15) is 5.56 Å². The van der Waals surface area contributed by atoms with Gasteiger partial charge in [-0.2, -0.15) is 0 Å². The average molecular weight is 293 g/mol. The fourth-order valence-corrected chi connectivity index (χ4v) is 4.04. The molecule has 1 amide bonds. The van der Waals surface area contributed by atoms with Crippen molar-refractivity contribution in [3.05, 3.63) is 22.1 Å². The zero-order chi connectivity index (χ0) is 14.3. The van der Waals surface area contributed by atoms with E-state index >= 15 is 0 Å². The molecule has 1 aromatic rings. The molecule has 2 aliphatic rings. The summed E-state index contributed by atoms with van der Waals surface area (Å²) in [6, 6.07) is 0.386. The molecule has 20 heavy (non-hydrogen) atoms. The maximum atomic E-state index is 12.7. The first-order chi connectivity index (χ1) is 9.59. The largest absolute Gasteiger partial charge is 0.333 e. The second kappa shape index (κ2) is 5.24. The van der Waals surface area contributed by atoms with E-state index in [-0.39, 0.29) is 29.1 Å². The molecule has 1 saturated heterocycles. The number of fused-ring (bicyclic) bond motifs is 1. The number of aromatic nitrogens is 2. The molecule has 0 saturated carbocycles. The summed E-state index contributed by atoms with van der Waals surface area (Å²) in [4.78, 5) is 31.2. The Morgan fingerprint density at radius 2 is 2.05 bits per heavy atom. The van der Waals surface area contributed by atoms with Crippen LogP contribution in [0.5, 0.6) is 0 Å². The van der Waals surface area contributed by atoms with Gasteiger partial charge in [0.05, 0.1) is 0 Å². The molecular formula is C14H19N3O2S. The molecule has 2 atom stereocenters. The molecule has 3 heterocycles. The van der Waals surface area contributed by atoms with Gasteiger partial charge in [-0.25, -0.2) is 4.98 Å². The number of amides is 1. The number of carbonyl (C=O) groups excluding carboxylic acids is 1. The molecule has 2 unspecified atom stereocenters. The van der Waals surface area contributed by atoms with Gasteiger partial charge in [0.15, 0.2) is 5.16 Å². The maximum Gasteiger partial charge on any atom is 0.267 e. The Hall–Kier alpha value is -1.30. The number of piperidine rings is 1. The fourth-order valence-electron chi connectivity index (χ4n) is 3.12. The highest BCUT2D eigenvalue weighted by Crippen LogP contribution is 2.25. The van der Waals surface area contributed by atoms with Crippen LogP contribution in [0.25, 0.3) is 0 Å². The minimum atomic E-state index is -0.185. The zero-order valence-corrected chi connectivity index (χ0v) is 12.7. The zero-order valence-electron chi connectivity index (χ0n) is 11.8. The lowest BCUT2D eigenvalue weighted by Crippen LogP contribution is -2.49. The van der Waals surface area contributed by atoms with Crippen molar-refractivity contribution < 1.29 is 4.79 Å². The molecule has 108 valence electrons.